The number of amides is 1. The number of nitrogens with one attached hydrogen (secondary N) is 1. The van der Waals surface area contributed by atoms with Crippen LogP contribution in [0.4, 0.5) is 8.78 Å². The second-order valence-corrected chi connectivity index (χ2v) is 4.64. The predicted octanol–water partition coefficient (Wildman–Crippen LogP) is 2.19. The van der Waals surface area contributed by atoms with Gasteiger partial charge in [0.05, 0.1) is 11.8 Å². The third-order valence-corrected chi connectivity index (χ3v) is 3.08. The van der Waals surface area contributed by atoms with E-state index in [1.54, 1.807) is 6.92 Å². The van der Waals surface area contributed by atoms with E-state index in [-0.39, 0.29) is 17.3 Å². The van der Waals surface area contributed by atoms with Gasteiger partial charge in [-0.15, -0.1) is 18.2 Å². The van der Waals surface area contributed by atoms with Crippen molar-refractivity contribution in [3.8, 4) is 12.3 Å². The maximum Gasteiger partial charge on any atom is 0.233 e. The molecular weight excluding hydrogens is 244 g/mol. The van der Waals surface area contributed by atoms with E-state index in [0.29, 0.717) is 0 Å². The Bertz CT molecular complexity index is 456. The molecule has 0 heterocycles. The second kappa shape index (κ2) is 6.26. The summed E-state index contributed by atoms with van der Waals surface area (Å²) < 4.78 is 26.0. The van der Waals surface area contributed by atoms with Crippen LogP contribution in [0.1, 0.15) is 6.92 Å². The van der Waals surface area contributed by atoms with Gasteiger partial charge in [0.2, 0.25) is 5.91 Å². The molecule has 1 N–H and O–H groups in total. The van der Waals surface area contributed by atoms with Crippen molar-refractivity contribution >= 4 is 17.7 Å². The Morgan fingerprint density at radius 1 is 1.59 bits per heavy atom. The highest BCUT2D eigenvalue weighted by Crippen LogP contribution is 2.26. The Labute approximate surface area is 103 Å². The molecule has 1 atom stereocenters. The van der Waals surface area contributed by atoms with Crippen molar-refractivity contribution in [1.29, 1.82) is 0 Å². The van der Waals surface area contributed by atoms with Gasteiger partial charge in [0.25, 0.3) is 0 Å². The monoisotopic (exact) mass is 255 g/mol. The molecule has 0 aromatic heterocycles. The summed E-state index contributed by atoms with van der Waals surface area (Å²) in [5, 5.41) is 1.99. The molecule has 2 nitrogen and oxygen atoms in total. The number of benzene rings is 1. The van der Waals surface area contributed by atoms with Gasteiger partial charge in [-0.25, -0.2) is 8.78 Å². The van der Waals surface area contributed by atoms with E-state index in [1.807, 2.05) is 0 Å². The number of terminal acetylenes is 1. The van der Waals surface area contributed by atoms with Crippen LogP contribution in [-0.4, -0.2) is 17.7 Å². The minimum absolute atomic E-state index is 0.135. The molecule has 0 saturated carbocycles. The maximum atomic E-state index is 13.3. The summed E-state index contributed by atoms with van der Waals surface area (Å²) in [6.07, 6.45) is 5.00. The fraction of sp³-hybridized carbons (Fsp3) is 0.250. The van der Waals surface area contributed by atoms with Crippen LogP contribution < -0.4 is 5.32 Å². The largest absolute Gasteiger partial charge is 0.344 e. The molecule has 1 aromatic rings. The van der Waals surface area contributed by atoms with Crippen molar-refractivity contribution < 1.29 is 13.6 Å². The predicted molar refractivity (Wildman–Crippen MR) is 63.5 cm³/mol. The fourth-order valence-electron chi connectivity index (χ4n) is 1.10. The zero-order valence-corrected chi connectivity index (χ0v) is 9.98. The van der Waals surface area contributed by atoms with Crippen LogP contribution in [0.5, 0.6) is 0 Å². The fourth-order valence-corrected chi connectivity index (χ4v) is 1.99. The zero-order valence-electron chi connectivity index (χ0n) is 9.17. The van der Waals surface area contributed by atoms with Crippen molar-refractivity contribution in [3.05, 3.63) is 29.8 Å². The molecule has 0 saturated heterocycles. The number of halogens is 2. The van der Waals surface area contributed by atoms with Gasteiger partial charge in [-0.2, -0.15) is 0 Å². The number of hydrogen-bond donors (Lipinski definition) is 1. The summed E-state index contributed by atoms with van der Waals surface area (Å²) in [5.74, 6) is 0.674. The molecular formula is C12H11F2NOS. The molecule has 0 aliphatic heterocycles. The first-order valence-corrected chi connectivity index (χ1v) is 5.75. The van der Waals surface area contributed by atoms with Gasteiger partial charge in [0, 0.05) is 11.0 Å². The lowest BCUT2D eigenvalue weighted by Crippen LogP contribution is -2.31. The van der Waals surface area contributed by atoms with Crippen molar-refractivity contribution in [1.82, 2.24) is 5.32 Å². The minimum Gasteiger partial charge on any atom is -0.344 e. The van der Waals surface area contributed by atoms with Gasteiger partial charge in [-0.3, -0.25) is 4.79 Å². The standard InChI is InChI=1S/C12H11F2NOS/c1-3-6-15-12(16)8(2)17-11-5-4-9(13)7-10(11)14/h1,4-5,7-8H,6H2,2H3,(H,15,16)/t8-/m1/s1. The molecule has 0 unspecified atom stereocenters. The zero-order chi connectivity index (χ0) is 12.8. The van der Waals surface area contributed by atoms with Crippen molar-refractivity contribution in [2.45, 2.75) is 17.1 Å². The number of thioether (sulfide) groups is 1. The van der Waals surface area contributed by atoms with Crippen LogP contribution in [0.2, 0.25) is 0 Å². The molecule has 0 fully saturated rings. The van der Waals surface area contributed by atoms with Crippen molar-refractivity contribution in [3.63, 3.8) is 0 Å². The lowest BCUT2D eigenvalue weighted by atomic mass is 10.3. The lowest BCUT2D eigenvalue weighted by Gasteiger charge is -2.10. The highest BCUT2D eigenvalue weighted by Gasteiger charge is 2.15. The molecule has 1 aromatic carbocycles. The summed E-state index contributed by atoms with van der Waals surface area (Å²) in [7, 11) is 0. The third kappa shape index (κ3) is 4.08. The maximum absolute atomic E-state index is 13.3. The topological polar surface area (TPSA) is 29.1 Å². The van der Waals surface area contributed by atoms with E-state index in [4.69, 9.17) is 6.42 Å². The van der Waals surface area contributed by atoms with Gasteiger partial charge in [-0.05, 0) is 19.1 Å². The molecule has 1 amide bonds. The van der Waals surface area contributed by atoms with E-state index < -0.39 is 16.9 Å². The lowest BCUT2D eigenvalue weighted by molar-refractivity contribution is -0.120. The Morgan fingerprint density at radius 2 is 2.29 bits per heavy atom. The van der Waals surface area contributed by atoms with Crippen LogP contribution in [-0.2, 0) is 4.79 Å². The van der Waals surface area contributed by atoms with Crippen LogP contribution in [0.3, 0.4) is 0 Å². The van der Waals surface area contributed by atoms with E-state index in [1.165, 1.54) is 6.07 Å². The number of rotatable bonds is 4. The van der Waals surface area contributed by atoms with Gasteiger partial charge in [0.15, 0.2) is 0 Å². The van der Waals surface area contributed by atoms with Crippen LogP contribution in [0.15, 0.2) is 23.1 Å². The smallest absolute Gasteiger partial charge is 0.233 e. The molecule has 0 radical (unpaired) electrons. The highest BCUT2D eigenvalue weighted by molar-refractivity contribution is 8.00. The third-order valence-electron chi connectivity index (χ3n) is 1.93. The first-order valence-electron chi connectivity index (χ1n) is 4.87. The normalized spacial score (nSPS) is 11.6. The van der Waals surface area contributed by atoms with E-state index >= 15 is 0 Å². The van der Waals surface area contributed by atoms with Gasteiger partial charge >= 0.3 is 0 Å². The average molecular weight is 255 g/mol. The molecule has 1 rings (SSSR count). The number of carbonyl (C=O) groups is 1. The molecule has 5 heteroatoms. The van der Waals surface area contributed by atoms with Crippen molar-refractivity contribution in [2.75, 3.05) is 6.54 Å². The molecule has 90 valence electrons. The summed E-state index contributed by atoms with van der Waals surface area (Å²) in [4.78, 5) is 11.7. The van der Waals surface area contributed by atoms with Gasteiger partial charge in [-0.1, -0.05) is 5.92 Å². The Balaban J connectivity index is 2.65. The van der Waals surface area contributed by atoms with E-state index in [9.17, 15) is 13.6 Å². The molecule has 0 spiro atoms. The van der Waals surface area contributed by atoms with Crippen LogP contribution in [0.25, 0.3) is 0 Å². The molecule has 0 bridgehead atoms. The average Bonchev–Trinajstić information content (AvgIpc) is 2.29. The molecule has 0 aliphatic carbocycles. The second-order valence-electron chi connectivity index (χ2n) is 3.26. The SMILES string of the molecule is C#CCNC(=O)[C@@H](C)Sc1ccc(F)cc1F. The summed E-state index contributed by atoms with van der Waals surface area (Å²) in [6, 6.07) is 3.24. The quantitative estimate of drug-likeness (QED) is 0.660. The minimum atomic E-state index is -0.674. The summed E-state index contributed by atoms with van der Waals surface area (Å²) in [5.41, 5.74) is 0. The van der Waals surface area contributed by atoms with Crippen LogP contribution in [0, 0.1) is 24.0 Å². The van der Waals surface area contributed by atoms with Gasteiger partial charge < -0.3 is 5.32 Å². The van der Waals surface area contributed by atoms with Crippen LogP contribution >= 0.6 is 11.8 Å². The number of carbonyl (C=O) groups excluding carboxylic acids is 1. The van der Waals surface area contributed by atoms with E-state index in [2.05, 4.69) is 11.2 Å². The Morgan fingerprint density at radius 3 is 2.88 bits per heavy atom. The van der Waals surface area contributed by atoms with Crippen molar-refractivity contribution in [2.24, 2.45) is 0 Å². The molecule has 17 heavy (non-hydrogen) atoms. The Hall–Kier alpha value is -1.54. The molecule has 0 aliphatic rings. The summed E-state index contributed by atoms with van der Waals surface area (Å²) >= 11 is 1.02. The summed E-state index contributed by atoms with van der Waals surface area (Å²) in [6.45, 7) is 1.76. The van der Waals surface area contributed by atoms with Gasteiger partial charge in [0.1, 0.15) is 11.6 Å². The number of hydrogen-bond acceptors (Lipinski definition) is 2. The first-order chi connectivity index (χ1) is 8.04. The van der Waals surface area contributed by atoms with E-state index in [0.717, 1.165) is 23.9 Å². The highest BCUT2D eigenvalue weighted by atomic mass is 32.2. The Kier molecular flexibility index (Phi) is 4.98. The first kappa shape index (κ1) is 13.5.